The molecule has 0 spiro atoms. The average Bonchev–Trinajstić information content (AvgIpc) is 2.89. The average molecular weight is 302 g/mol. The highest BCUT2D eigenvalue weighted by molar-refractivity contribution is 5.69. The van der Waals surface area contributed by atoms with Crippen molar-refractivity contribution < 1.29 is 14.1 Å². The minimum absolute atomic E-state index is 0.434. The number of nitrogens with one attached hydrogen (secondary N) is 1. The third-order valence-corrected chi connectivity index (χ3v) is 3.14. The molecule has 22 heavy (non-hydrogen) atoms. The van der Waals surface area contributed by atoms with E-state index in [9.17, 15) is 4.79 Å². The summed E-state index contributed by atoms with van der Waals surface area (Å²) >= 11 is 0. The first-order valence-electron chi connectivity index (χ1n) is 7.20. The predicted molar refractivity (Wildman–Crippen MR) is 84.3 cm³/mol. The van der Waals surface area contributed by atoms with Crippen LogP contribution in [0.5, 0.6) is 0 Å². The van der Waals surface area contributed by atoms with Crippen LogP contribution < -0.4 is 5.32 Å². The van der Waals surface area contributed by atoms with Crippen molar-refractivity contribution >= 4 is 6.09 Å². The Kier molecular flexibility index (Phi) is 4.26. The summed E-state index contributed by atoms with van der Waals surface area (Å²) in [7, 11) is 0. The van der Waals surface area contributed by atoms with Crippen molar-refractivity contribution in [3.05, 3.63) is 42.1 Å². The van der Waals surface area contributed by atoms with Crippen molar-refractivity contribution in [2.45, 2.75) is 45.8 Å². The summed E-state index contributed by atoms with van der Waals surface area (Å²) in [6, 6.07) is 9.59. The summed E-state index contributed by atoms with van der Waals surface area (Å²) in [5.74, 6) is 0.712. The first kappa shape index (κ1) is 16.1. The van der Waals surface area contributed by atoms with E-state index >= 15 is 0 Å². The minimum atomic E-state index is -0.539. The van der Waals surface area contributed by atoms with Crippen molar-refractivity contribution in [3.8, 4) is 11.3 Å². The molecule has 1 N–H and O–H groups in total. The zero-order valence-electron chi connectivity index (χ0n) is 13.6. The van der Waals surface area contributed by atoms with Gasteiger partial charge in [0.1, 0.15) is 5.60 Å². The molecule has 1 amide bonds. The molecule has 2 aromatic rings. The zero-order chi connectivity index (χ0) is 16.4. The van der Waals surface area contributed by atoms with Gasteiger partial charge < -0.3 is 14.6 Å². The van der Waals surface area contributed by atoms with E-state index in [1.54, 1.807) is 12.3 Å². The smallest absolute Gasteiger partial charge is 0.408 e. The van der Waals surface area contributed by atoms with Crippen molar-refractivity contribution in [1.82, 2.24) is 10.5 Å². The van der Waals surface area contributed by atoms with Crippen LogP contribution in [0.1, 0.15) is 40.2 Å². The number of ether oxygens (including phenoxy) is 1. The van der Waals surface area contributed by atoms with Gasteiger partial charge in [0, 0.05) is 11.6 Å². The number of hydrogen-bond donors (Lipinski definition) is 1. The second-order valence-corrected chi connectivity index (χ2v) is 6.71. The number of hydrogen-bond acceptors (Lipinski definition) is 4. The highest BCUT2D eigenvalue weighted by Gasteiger charge is 2.26. The Bertz CT molecular complexity index is 623. The Morgan fingerprint density at radius 3 is 2.23 bits per heavy atom. The van der Waals surface area contributed by atoms with E-state index in [0.717, 1.165) is 11.1 Å². The lowest BCUT2D eigenvalue weighted by atomic mass is 9.93. The molecule has 0 aliphatic heterocycles. The largest absolute Gasteiger partial charge is 0.444 e. The molecule has 2 rings (SSSR count). The molecule has 0 fully saturated rings. The molecule has 0 bridgehead atoms. The quantitative estimate of drug-likeness (QED) is 0.927. The third-order valence-electron chi connectivity index (χ3n) is 3.14. The lowest BCUT2D eigenvalue weighted by Gasteiger charge is -2.29. The fourth-order valence-corrected chi connectivity index (χ4v) is 2.05. The summed E-state index contributed by atoms with van der Waals surface area (Å²) in [4.78, 5) is 11.9. The van der Waals surface area contributed by atoms with Gasteiger partial charge in [0.15, 0.2) is 5.76 Å². The molecular formula is C17H22N2O3. The van der Waals surface area contributed by atoms with Gasteiger partial charge in [-0.2, -0.15) is 0 Å². The normalized spacial score (nSPS) is 12.0. The van der Waals surface area contributed by atoms with E-state index in [1.807, 2.05) is 58.9 Å². The van der Waals surface area contributed by atoms with E-state index in [0.29, 0.717) is 5.76 Å². The third kappa shape index (κ3) is 4.10. The molecule has 1 heterocycles. The van der Waals surface area contributed by atoms with Crippen LogP contribution in [-0.2, 0) is 10.3 Å². The van der Waals surface area contributed by atoms with Crippen molar-refractivity contribution in [2.75, 3.05) is 0 Å². The fourth-order valence-electron chi connectivity index (χ4n) is 2.05. The van der Waals surface area contributed by atoms with E-state index in [4.69, 9.17) is 9.26 Å². The van der Waals surface area contributed by atoms with Gasteiger partial charge in [-0.25, -0.2) is 4.79 Å². The summed E-state index contributed by atoms with van der Waals surface area (Å²) < 4.78 is 10.4. The van der Waals surface area contributed by atoms with Crippen LogP contribution in [0, 0.1) is 0 Å². The number of benzene rings is 1. The monoisotopic (exact) mass is 302 g/mol. The first-order chi connectivity index (χ1) is 10.2. The van der Waals surface area contributed by atoms with Crippen LogP contribution in [0.25, 0.3) is 11.3 Å². The standard InChI is InChI=1S/C17H22N2O3/c1-16(2,3)21-15(20)19-17(4,5)13-8-6-12(7-9-13)14-10-11-18-22-14/h6-11H,1-5H3,(H,19,20). The zero-order valence-corrected chi connectivity index (χ0v) is 13.6. The van der Waals surface area contributed by atoms with Gasteiger partial charge in [-0.3, -0.25) is 0 Å². The SMILES string of the molecule is CC(C)(C)OC(=O)NC(C)(C)c1ccc(-c2ccno2)cc1. The Hall–Kier alpha value is -2.30. The van der Waals surface area contributed by atoms with Crippen LogP contribution in [0.2, 0.25) is 0 Å². The number of aromatic nitrogens is 1. The second kappa shape index (κ2) is 5.83. The molecular weight excluding hydrogens is 280 g/mol. The molecule has 0 saturated carbocycles. The van der Waals surface area contributed by atoms with Crippen LogP contribution in [0.4, 0.5) is 4.79 Å². The van der Waals surface area contributed by atoms with Gasteiger partial charge in [-0.05, 0) is 40.2 Å². The maximum absolute atomic E-state index is 11.9. The molecule has 0 atom stereocenters. The van der Waals surface area contributed by atoms with Crippen LogP contribution in [-0.4, -0.2) is 16.9 Å². The number of carbonyl (C=O) groups is 1. The Labute approximate surface area is 130 Å². The maximum Gasteiger partial charge on any atom is 0.408 e. The van der Waals surface area contributed by atoms with E-state index < -0.39 is 17.2 Å². The number of nitrogens with zero attached hydrogens (tertiary/aromatic N) is 1. The fraction of sp³-hybridized carbons (Fsp3) is 0.412. The first-order valence-corrected chi connectivity index (χ1v) is 7.20. The molecule has 118 valence electrons. The van der Waals surface area contributed by atoms with Crippen LogP contribution in [0.15, 0.2) is 41.1 Å². The molecule has 0 radical (unpaired) electrons. The Balaban J connectivity index is 2.11. The number of amides is 1. The second-order valence-electron chi connectivity index (χ2n) is 6.71. The maximum atomic E-state index is 11.9. The lowest BCUT2D eigenvalue weighted by molar-refractivity contribution is 0.0470. The van der Waals surface area contributed by atoms with Gasteiger partial charge >= 0.3 is 6.09 Å². The molecule has 5 heteroatoms. The molecule has 0 aliphatic rings. The highest BCUT2D eigenvalue weighted by atomic mass is 16.6. The van der Waals surface area contributed by atoms with Crippen molar-refractivity contribution in [2.24, 2.45) is 0 Å². The van der Waals surface area contributed by atoms with Crippen molar-refractivity contribution in [3.63, 3.8) is 0 Å². The van der Waals surface area contributed by atoms with Crippen LogP contribution >= 0.6 is 0 Å². The molecule has 0 unspecified atom stereocenters. The summed E-state index contributed by atoms with van der Waals surface area (Å²) in [5, 5.41) is 6.58. The highest BCUT2D eigenvalue weighted by Crippen LogP contribution is 2.25. The Morgan fingerprint density at radius 2 is 1.73 bits per heavy atom. The van der Waals surface area contributed by atoms with Gasteiger partial charge in [0.2, 0.25) is 0 Å². The molecule has 0 aliphatic carbocycles. The van der Waals surface area contributed by atoms with E-state index in [2.05, 4.69) is 10.5 Å². The number of rotatable bonds is 3. The van der Waals surface area contributed by atoms with Gasteiger partial charge in [-0.15, -0.1) is 0 Å². The molecule has 0 saturated heterocycles. The topological polar surface area (TPSA) is 64.4 Å². The molecule has 5 nitrogen and oxygen atoms in total. The van der Waals surface area contributed by atoms with E-state index in [-0.39, 0.29) is 0 Å². The van der Waals surface area contributed by atoms with Crippen LogP contribution in [0.3, 0.4) is 0 Å². The lowest BCUT2D eigenvalue weighted by Crippen LogP contribution is -2.43. The van der Waals surface area contributed by atoms with Gasteiger partial charge in [-0.1, -0.05) is 29.4 Å². The summed E-state index contributed by atoms with van der Waals surface area (Å²) in [5.41, 5.74) is 0.856. The molecule has 1 aromatic carbocycles. The molecule has 1 aromatic heterocycles. The number of carbonyl (C=O) groups excluding carboxylic acids is 1. The minimum Gasteiger partial charge on any atom is -0.444 e. The number of alkyl carbamates (subject to hydrolysis) is 1. The predicted octanol–water partition coefficient (Wildman–Crippen LogP) is 4.10. The summed E-state index contributed by atoms with van der Waals surface area (Å²) in [6.45, 7) is 9.38. The van der Waals surface area contributed by atoms with Gasteiger partial charge in [0.25, 0.3) is 0 Å². The van der Waals surface area contributed by atoms with Gasteiger partial charge in [0.05, 0.1) is 11.7 Å². The van der Waals surface area contributed by atoms with Crippen molar-refractivity contribution in [1.29, 1.82) is 0 Å². The summed E-state index contributed by atoms with van der Waals surface area (Å²) in [6.07, 6.45) is 1.17. The Morgan fingerprint density at radius 1 is 1.09 bits per heavy atom. The van der Waals surface area contributed by atoms with E-state index in [1.165, 1.54) is 0 Å².